The molecule has 7 heteroatoms. The van der Waals surface area contributed by atoms with E-state index < -0.39 is 16.0 Å². The van der Waals surface area contributed by atoms with Gasteiger partial charge in [0.1, 0.15) is 4.90 Å². The minimum Gasteiger partial charge on any atom is -0.478 e. The van der Waals surface area contributed by atoms with E-state index >= 15 is 0 Å². The molecule has 0 fully saturated rings. The zero-order valence-corrected chi connectivity index (χ0v) is 8.92. The molecule has 0 aliphatic carbocycles. The van der Waals surface area contributed by atoms with E-state index in [1.165, 1.54) is 12.1 Å². The molecule has 1 rings (SSSR count). The fourth-order valence-corrected chi connectivity index (χ4v) is 2.04. The number of hydrogen-bond acceptors (Lipinski definition) is 3. The Hall–Kier alpha value is -1.40. The van der Waals surface area contributed by atoms with Gasteiger partial charge < -0.3 is 5.11 Å². The molecule has 15 heavy (non-hydrogen) atoms. The van der Waals surface area contributed by atoms with Crippen LogP contribution in [-0.2, 0) is 10.0 Å². The van der Waals surface area contributed by atoms with Gasteiger partial charge in [-0.2, -0.15) is 12.8 Å². The molecular weight excluding hydrogens is 242 g/mol. The van der Waals surface area contributed by atoms with E-state index in [-0.39, 0.29) is 15.5 Å². The maximum Gasteiger partial charge on any atom is 0.335 e. The minimum atomic E-state index is -3.97. The van der Waals surface area contributed by atoms with Crippen molar-refractivity contribution < 1.29 is 18.3 Å². The van der Waals surface area contributed by atoms with E-state index in [2.05, 4.69) is 11.1 Å². The van der Waals surface area contributed by atoms with Crippen LogP contribution >= 0.6 is 11.6 Å². The Bertz CT molecular complexity index is 523. The van der Waals surface area contributed by atoms with Gasteiger partial charge in [-0.15, -0.1) is 0 Å². The molecule has 5 nitrogen and oxygen atoms in total. The van der Waals surface area contributed by atoms with Crippen molar-refractivity contribution in [3.8, 4) is 0 Å². The highest BCUT2D eigenvalue weighted by atomic mass is 35.5. The summed E-state index contributed by atoms with van der Waals surface area (Å²) in [4.78, 5) is 10.2. The Morgan fingerprint density at radius 2 is 2.07 bits per heavy atom. The van der Waals surface area contributed by atoms with Gasteiger partial charge in [0, 0.05) is 6.72 Å². The van der Waals surface area contributed by atoms with E-state index in [1.807, 2.05) is 0 Å². The number of benzene rings is 1. The van der Waals surface area contributed by atoms with Crippen molar-refractivity contribution in [2.24, 2.45) is 4.40 Å². The monoisotopic (exact) mass is 247 g/mol. The van der Waals surface area contributed by atoms with Crippen LogP contribution in [0.3, 0.4) is 0 Å². The smallest absolute Gasteiger partial charge is 0.335 e. The number of sulfonamides is 1. The lowest BCUT2D eigenvalue weighted by molar-refractivity contribution is 0.0696. The summed E-state index contributed by atoms with van der Waals surface area (Å²) in [5, 5.41) is 8.56. The average molecular weight is 248 g/mol. The van der Waals surface area contributed by atoms with Crippen molar-refractivity contribution in [2.45, 2.75) is 4.90 Å². The van der Waals surface area contributed by atoms with Gasteiger partial charge in [-0.05, 0) is 18.2 Å². The van der Waals surface area contributed by atoms with Crippen molar-refractivity contribution in [3.63, 3.8) is 0 Å². The Morgan fingerprint density at radius 3 is 2.53 bits per heavy atom. The van der Waals surface area contributed by atoms with Crippen LogP contribution in [0, 0.1) is 0 Å². The summed E-state index contributed by atoms with van der Waals surface area (Å²) in [6.45, 7) is 2.88. The molecular formula is C8H6ClNO4S. The molecule has 0 atom stereocenters. The van der Waals surface area contributed by atoms with Crippen molar-refractivity contribution in [1.29, 1.82) is 0 Å². The van der Waals surface area contributed by atoms with Crippen molar-refractivity contribution in [3.05, 3.63) is 28.8 Å². The molecule has 0 radical (unpaired) electrons. The molecule has 0 aliphatic heterocycles. The lowest BCUT2D eigenvalue weighted by Gasteiger charge is -2.02. The van der Waals surface area contributed by atoms with Crippen molar-refractivity contribution >= 4 is 34.3 Å². The van der Waals surface area contributed by atoms with Gasteiger partial charge in [0.2, 0.25) is 0 Å². The van der Waals surface area contributed by atoms with Crippen LogP contribution in [-0.4, -0.2) is 26.2 Å². The zero-order chi connectivity index (χ0) is 11.6. The van der Waals surface area contributed by atoms with Gasteiger partial charge in [0.25, 0.3) is 10.0 Å². The third-order valence-electron chi connectivity index (χ3n) is 1.63. The molecule has 1 N–H and O–H groups in total. The van der Waals surface area contributed by atoms with Crippen LogP contribution in [0.15, 0.2) is 27.5 Å². The Kier molecular flexibility index (Phi) is 3.11. The van der Waals surface area contributed by atoms with Crippen molar-refractivity contribution in [1.82, 2.24) is 0 Å². The molecule has 80 valence electrons. The standard InChI is InChI=1S/C8H6ClNO4S/c1-10-15(13,14)7-4-5(8(11)12)2-3-6(7)9/h2-4H,1H2,(H,11,12). The van der Waals surface area contributed by atoms with E-state index in [9.17, 15) is 13.2 Å². The normalized spacial score (nSPS) is 11.0. The number of aromatic carboxylic acids is 1. The average Bonchev–Trinajstić information content (AvgIpc) is 2.17. The molecule has 1 aromatic carbocycles. The van der Waals surface area contributed by atoms with Crippen LogP contribution in [0.4, 0.5) is 0 Å². The number of carbonyl (C=O) groups is 1. The predicted molar refractivity (Wildman–Crippen MR) is 55.1 cm³/mol. The highest BCUT2D eigenvalue weighted by Gasteiger charge is 2.17. The van der Waals surface area contributed by atoms with Gasteiger partial charge in [0.05, 0.1) is 10.6 Å². The number of halogens is 1. The summed E-state index contributed by atoms with van der Waals surface area (Å²) in [7, 11) is -3.97. The van der Waals surface area contributed by atoms with Crippen LogP contribution in [0.5, 0.6) is 0 Å². The summed E-state index contributed by atoms with van der Waals surface area (Å²) in [5.41, 5.74) is -0.179. The number of hydrogen-bond donors (Lipinski definition) is 1. The Balaban J connectivity index is 3.48. The maximum atomic E-state index is 11.3. The second-order valence-electron chi connectivity index (χ2n) is 2.55. The highest BCUT2D eigenvalue weighted by Crippen LogP contribution is 2.24. The molecule has 0 heterocycles. The van der Waals surface area contributed by atoms with E-state index in [0.717, 1.165) is 6.07 Å². The summed E-state index contributed by atoms with van der Waals surface area (Å²) >= 11 is 5.60. The predicted octanol–water partition coefficient (Wildman–Crippen LogP) is 1.43. The summed E-state index contributed by atoms with van der Waals surface area (Å²) in [5.74, 6) is -1.24. The largest absolute Gasteiger partial charge is 0.478 e. The van der Waals surface area contributed by atoms with Gasteiger partial charge in [-0.3, -0.25) is 0 Å². The fourth-order valence-electron chi connectivity index (χ4n) is 0.904. The van der Waals surface area contributed by atoms with E-state index in [4.69, 9.17) is 16.7 Å². The first-order valence-electron chi connectivity index (χ1n) is 3.64. The topological polar surface area (TPSA) is 83.8 Å². The second-order valence-corrected chi connectivity index (χ2v) is 4.61. The lowest BCUT2D eigenvalue weighted by Crippen LogP contribution is -2.02. The van der Waals surface area contributed by atoms with Gasteiger partial charge in [-0.25, -0.2) is 4.79 Å². The van der Waals surface area contributed by atoms with Crippen LogP contribution in [0.1, 0.15) is 10.4 Å². The number of carboxylic acid groups (broad SMARTS) is 1. The molecule has 0 saturated heterocycles. The van der Waals surface area contributed by atoms with Gasteiger partial charge in [-0.1, -0.05) is 11.6 Å². The minimum absolute atomic E-state index is 0.0904. The number of carboxylic acids is 1. The summed E-state index contributed by atoms with van der Waals surface area (Å²) < 4.78 is 25.5. The number of nitrogens with zero attached hydrogens (tertiary/aromatic N) is 1. The quantitative estimate of drug-likeness (QED) is 0.819. The molecule has 0 saturated carbocycles. The van der Waals surface area contributed by atoms with Gasteiger partial charge >= 0.3 is 5.97 Å². The van der Waals surface area contributed by atoms with Crippen LogP contribution < -0.4 is 0 Å². The molecule has 1 aromatic rings. The molecule has 0 amide bonds. The van der Waals surface area contributed by atoms with Crippen LogP contribution in [0.25, 0.3) is 0 Å². The van der Waals surface area contributed by atoms with Gasteiger partial charge in [0.15, 0.2) is 0 Å². The molecule has 0 aliphatic rings. The van der Waals surface area contributed by atoms with Crippen molar-refractivity contribution in [2.75, 3.05) is 0 Å². The maximum absolute atomic E-state index is 11.3. The first-order valence-corrected chi connectivity index (χ1v) is 5.46. The molecule has 0 spiro atoms. The van der Waals surface area contributed by atoms with Crippen LogP contribution in [0.2, 0.25) is 5.02 Å². The van der Waals surface area contributed by atoms with E-state index in [1.54, 1.807) is 0 Å². The molecule has 0 bridgehead atoms. The number of rotatable bonds is 3. The third-order valence-corrected chi connectivity index (χ3v) is 3.30. The lowest BCUT2D eigenvalue weighted by atomic mass is 10.2. The Morgan fingerprint density at radius 1 is 1.47 bits per heavy atom. The summed E-state index contributed by atoms with van der Waals surface area (Å²) in [6, 6.07) is 3.32. The summed E-state index contributed by atoms with van der Waals surface area (Å²) in [6.07, 6.45) is 0. The first-order chi connectivity index (χ1) is 6.88. The first kappa shape index (κ1) is 11.7. The molecule has 0 unspecified atom stereocenters. The van der Waals surface area contributed by atoms with E-state index in [0.29, 0.717) is 0 Å². The fraction of sp³-hybridized carbons (Fsp3) is 0. The highest BCUT2D eigenvalue weighted by molar-refractivity contribution is 7.90. The Labute approximate surface area is 91.1 Å². The third kappa shape index (κ3) is 2.34. The SMILES string of the molecule is C=NS(=O)(=O)c1cc(C(=O)O)ccc1Cl. The zero-order valence-electron chi connectivity index (χ0n) is 7.34. The second kappa shape index (κ2) is 4.00. The molecule has 0 aromatic heterocycles.